The third-order valence-electron chi connectivity index (χ3n) is 3.76. The van der Waals surface area contributed by atoms with Gasteiger partial charge in [-0.3, -0.25) is 4.99 Å². The molecule has 0 aliphatic heterocycles. The highest BCUT2D eigenvalue weighted by Gasteiger charge is 2.10. The van der Waals surface area contributed by atoms with Crippen molar-refractivity contribution in [3.63, 3.8) is 0 Å². The first-order valence-electron chi connectivity index (χ1n) is 7.76. The van der Waals surface area contributed by atoms with Crippen LogP contribution in [0.5, 0.6) is 5.88 Å². The van der Waals surface area contributed by atoms with Gasteiger partial charge in [0.25, 0.3) is 0 Å². The van der Waals surface area contributed by atoms with Crippen LogP contribution in [-0.4, -0.2) is 25.1 Å². The molecule has 0 bridgehead atoms. The first-order valence-corrected chi connectivity index (χ1v) is 7.76. The maximum absolute atomic E-state index is 13.7. The number of pyridine rings is 1. The van der Waals surface area contributed by atoms with E-state index in [1.54, 1.807) is 39.4 Å². The van der Waals surface area contributed by atoms with E-state index in [2.05, 4.69) is 20.6 Å². The number of ether oxygens (including phenoxy) is 1. The molecule has 1 aromatic heterocycles. The van der Waals surface area contributed by atoms with Crippen molar-refractivity contribution in [3.8, 4) is 5.88 Å². The Morgan fingerprint density at radius 2 is 2.17 bits per heavy atom. The van der Waals surface area contributed by atoms with E-state index < -0.39 is 0 Å². The second kappa shape index (κ2) is 8.29. The smallest absolute Gasteiger partial charge is 0.218 e. The van der Waals surface area contributed by atoms with Crippen molar-refractivity contribution < 1.29 is 9.13 Å². The molecule has 1 unspecified atom stereocenters. The van der Waals surface area contributed by atoms with Gasteiger partial charge in [0.1, 0.15) is 5.82 Å². The van der Waals surface area contributed by atoms with Crippen LogP contribution in [0.1, 0.15) is 29.7 Å². The Hall–Kier alpha value is -2.63. The molecule has 1 atom stereocenters. The van der Waals surface area contributed by atoms with E-state index in [4.69, 9.17) is 4.74 Å². The van der Waals surface area contributed by atoms with Crippen LogP contribution in [0.15, 0.2) is 41.5 Å². The molecule has 0 aliphatic carbocycles. The summed E-state index contributed by atoms with van der Waals surface area (Å²) in [5.74, 6) is 0.993. The fourth-order valence-electron chi connectivity index (χ4n) is 2.28. The molecule has 0 radical (unpaired) electrons. The van der Waals surface area contributed by atoms with Gasteiger partial charge in [-0.05, 0) is 37.1 Å². The third-order valence-corrected chi connectivity index (χ3v) is 3.76. The van der Waals surface area contributed by atoms with Crippen LogP contribution in [0, 0.1) is 12.7 Å². The molecular weight excluding hydrogens is 307 g/mol. The Kier molecular flexibility index (Phi) is 6.12. The predicted molar refractivity (Wildman–Crippen MR) is 93.7 cm³/mol. The molecule has 0 saturated heterocycles. The number of hydrogen-bond acceptors (Lipinski definition) is 3. The number of hydrogen-bond donors (Lipinski definition) is 2. The molecule has 0 aliphatic rings. The number of aromatic nitrogens is 1. The Labute approximate surface area is 142 Å². The maximum atomic E-state index is 13.7. The van der Waals surface area contributed by atoms with Crippen molar-refractivity contribution in [1.29, 1.82) is 0 Å². The van der Waals surface area contributed by atoms with Crippen molar-refractivity contribution in [2.75, 3.05) is 14.2 Å². The first-order chi connectivity index (χ1) is 11.5. The highest BCUT2D eigenvalue weighted by molar-refractivity contribution is 5.80. The Bertz CT molecular complexity index is 718. The molecule has 24 heavy (non-hydrogen) atoms. The van der Waals surface area contributed by atoms with Gasteiger partial charge in [0.2, 0.25) is 5.88 Å². The number of methoxy groups -OCH3 is 1. The fourth-order valence-corrected chi connectivity index (χ4v) is 2.28. The average molecular weight is 330 g/mol. The molecule has 0 saturated carbocycles. The molecule has 2 N–H and O–H groups in total. The lowest BCUT2D eigenvalue weighted by atomic mass is 10.1. The second-order valence-corrected chi connectivity index (χ2v) is 5.47. The zero-order valence-electron chi connectivity index (χ0n) is 14.4. The Morgan fingerprint density at radius 1 is 1.38 bits per heavy atom. The van der Waals surface area contributed by atoms with Gasteiger partial charge < -0.3 is 15.4 Å². The third kappa shape index (κ3) is 4.44. The zero-order valence-corrected chi connectivity index (χ0v) is 14.4. The van der Waals surface area contributed by atoms with E-state index in [1.165, 1.54) is 0 Å². The molecule has 2 aromatic rings. The van der Waals surface area contributed by atoms with Crippen molar-refractivity contribution in [1.82, 2.24) is 15.6 Å². The molecule has 128 valence electrons. The summed E-state index contributed by atoms with van der Waals surface area (Å²) in [4.78, 5) is 8.37. The van der Waals surface area contributed by atoms with E-state index in [1.807, 2.05) is 25.1 Å². The predicted octanol–water partition coefficient (Wildman–Crippen LogP) is 2.96. The van der Waals surface area contributed by atoms with Gasteiger partial charge in [-0.1, -0.05) is 18.2 Å². The topological polar surface area (TPSA) is 58.5 Å². The van der Waals surface area contributed by atoms with E-state index in [0.717, 1.165) is 11.1 Å². The summed E-state index contributed by atoms with van der Waals surface area (Å²) in [6, 6.07) is 8.94. The van der Waals surface area contributed by atoms with Gasteiger partial charge in [0.05, 0.1) is 13.2 Å². The average Bonchev–Trinajstić information content (AvgIpc) is 2.60. The lowest BCUT2D eigenvalue weighted by Crippen LogP contribution is -2.38. The molecule has 2 rings (SSSR count). The van der Waals surface area contributed by atoms with Gasteiger partial charge in [-0.25, -0.2) is 9.37 Å². The summed E-state index contributed by atoms with van der Waals surface area (Å²) < 4.78 is 19.0. The number of aryl methyl sites for hydroxylation is 1. The SMILES string of the molecule is CN=C(NCc1cccnc1OC)NC(C)c1ccc(C)c(F)c1. The lowest BCUT2D eigenvalue weighted by molar-refractivity contribution is 0.392. The van der Waals surface area contributed by atoms with Crippen molar-refractivity contribution in [2.45, 2.75) is 26.4 Å². The highest BCUT2D eigenvalue weighted by atomic mass is 19.1. The molecule has 1 aromatic carbocycles. The Balaban J connectivity index is 2.00. The van der Waals surface area contributed by atoms with Crippen molar-refractivity contribution >= 4 is 5.96 Å². The number of aliphatic imine (C=N–C) groups is 1. The van der Waals surface area contributed by atoms with Crippen molar-refractivity contribution in [3.05, 3.63) is 59.0 Å². The minimum absolute atomic E-state index is 0.0814. The van der Waals surface area contributed by atoms with Crippen LogP contribution in [0.2, 0.25) is 0 Å². The molecular formula is C18H23FN4O. The van der Waals surface area contributed by atoms with Crippen LogP contribution in [0.4, 0.5) is 4.39 Å². The van der Waals surface area contributed by atoms with Gasteiger partial charge >= 0.3 is 0 Å². The van der Waals surface area contributed by atoms with E-state index in [9.17, 15) is 4.39 Å². The highest BCUT2D eigenvalue weighted by Crippen LogP contribution is 2.16. The second-order valence-electron chi connectivity index (χ2n) is 5.47. The quantitative estimate of drug-likeness (QED) is 0.654. The molecule has 0 spiro atoms. The van der Waals surface area contributed by atoms with Gasteiger partial charge in [-0.2, -0.15) is 0 Å². The Morgan fingerprint density at radius 3 is 2.83 bits per heavy atom. The summed E-state index contributed by atoms with van der Waals surface area (Å²) >= 11 is 0. The fraction of sp³-hybridized carbons (Fsp3) is 0.333. The molecule has 5 nitrogen and oxygen atoms in total. The summed E-state index contributed by atoms with van der Waals surface area (Å²) in [6.07, 6.45) is 1.68. The standard InChI is InChI=1S/C18H23FN4O/c1-12-7-8-14(10-16(12)19)13(2)23-18(20-3)22-11-15-6-5-9-21-17(15)24-4/h5-10,13H,11H2,1-4H3,(H2,20,22,23). The van der Waals surface area contributed by atoms with Crippen LogP contribution >= 0.6 is 0 Å². The molecule has 1 heterocycles. The van der Waals surface area contributed by atoms with Crippen LogP contribution in [-0.2, 0) is 6.54 Å². The van der Waals surface area contributed by atoms with Gasteiger partial charge in [0.15, 0.2) is 5.96 Å². The molecule has 6 heteroatoms. The van der Waals surface area contributed by atoms with Gasteiger partial charge in [0, 0.05) is 25.4 Å². The van der Waals surface area contributed by atoms with Crippen molar-refractivity contribution in [2.24, 2.45) is 4.99 Å². The number of halogens is 1. The monoisotopic (exact) mass is 330 g/mol. The molecule has 0 fully saturated rings. The van der Waals surface area contributed by atoms with Crippen LogP contribution in [0.3, 0.4) is 0 Å². The summed E-state index contributed by atoms with van der Waals surface area (Å²) in [5, 5.41) is 6.46. The summed E-state index contributed by atoms with van der Waals surface area (Å²) in [7, 11) is 3.28. The number of benzene rings is 1. The van der Waals surface area contributed by atoms with Crippen LogP contribution < -0.4 is 15.4 Å². The zero-order chi connectivity index (χ0) is 17.5. The number of nitrogens with zero attached hydrogens (tertiary/aromatic N) is 2. The largest absolute Gasteiger partial charge is 0.481 e. The van der Waals surface area contributed by atoms with E-state index >= 15 is 0 Å². The van der Waals surface area contributed by atoms with Crippen LogP contribution in [0.25, 0.3) is 0 Å². The number of guanidine groups is 1. The minimum Gasteiger partial charge on any atom is -0.481 e. The maximum Gasteiger partial charge on any atom is 0.218 e. The number of rotatable bonds is 5. The number of nitrogens with one attached hydrogen (secondary N) is 2. The summed E-state index contributed by atoms with van der Waals surface area (Å²) in [6.45, 7) is 4.23. The summed E-state index contributed by atoms with van der Waals surface area (Å²) in [5.41, 5.74) is 2.43. The first kappa shape index (κ1) is 17.7. The minimum atomic E-state index is -0.204. The van der Waals surface area contributed by atoms with Gasteiger partial charge in [-0.15, -0.1) is 0 Å². The van der Waals surface area contributed by atoms with E-state index in [0.29, 0.717) is 23.9 Å². The van der Waals surface area contributed by atoms with E-state index in [-0.39, 0.29) is 11.9 Å². The lowest BCUT2D eigenvalue weighted by Gasteiger charge is -2.19. The molecule has 0 amide bonds. The normalized spacial score (nSPS) is 12.6.